The number of allylic oxidation sites excluding steroid dienone is 1. The van der Waals surface area contributed by atoms with E-state index in [9.17, 15) is 0 Å². The molecule has 0 amide bonds. The predicted molar refractivity (Wildman–Crippen MR) is 172 cm³/mol. The third kappa shape index (κ3) is 4.73. The molecule has 7 rings (SSSR count). The zero-order chi connectivity index (χ0) is 25.6. The first-order valence-electron chi connectivity index (χ1n) is 13.5. The van der Waals surface area contributed by atoms with Crippen LogP contribution in [0.3, 0.4) is 0 Å². The van der Waals surface area contributed by atoms with E-state index in [2.05, 4.69) is 147 Å². The van der Waals surface area contributed by atoms with Crippen molar-refractivity contribution in [2.45, 2.75) is 21.1 Å². The summed E-state index contributed by atoms with van der Waals surface area (Å²) in [5.41, 5.74) is 14.5. The van der Waals surface area contributed by atoms with Crippen LogP contribution in [0.15, 0.2) is 127 Å². The number of aryl methyl sites for hydroxylation is 2. The molecule has 2 aliphatic rings. The van der Waals surface area contributed by atoms with Crippen molar-refractivity contribution in [2.75, 3.05) is 0 Å². The van der Waals surface area contributed by atoms with E-state index in [0.29, 0.717) is 7.25 Å². The van der Waals surface area contributed by atoms with E-state index in [1.807, 2.05) is 0 Å². The predicted octanol–water partition coefficient (Wildman–Crippen LogP) is 9.87. The summed E-state index contributed by atoms with van der Waals surface area (Å²) < 4.78 is 2.53. The molecule has 0 saturated carbocycles. The Morgan fingerprint density at radius 2 is 1.02 bits per heavy atom. The Hall–Kier alpha value is -2.83. The van der Waals surface area contributed by atoms with E-state index in [-0.39, 0.29) is 24.8 Å². The molecule has 1 unspecified atom stereocenters. The van der Waals surface area contributed by atoms with Crippen molar-refractivity contribution in [2.24, 2.45) is 0 Å². The van der Waals surface area contributed by atoms with Gasteiger partial charge in [-0.2, -0.15) is 0 Å². The van der Waals surface area contributed by atoms with Gasteiger partial charge < -0.3 is 0 Å². The van der Waals surface area contributed by atoms with Crippen LogP contribution in [0.25, 0.3) is 17.2 Å². The van der Waals surface area contributed by atoms with Gasteiger partial charge in [0.15, 0.2) is 0 Å². The molecule has 0 aliphatic heterocycles. The third-order valence-electron chi connectivity index (χ3n) is 8.38. The average molecular weight is 639 g/mol. The van der Waals surface area contributed by atoms with Gasteiger partial charge in [-0.1, -0.05) is 0 Å². The van der Waals surface area contributed by atoms with Crippen LogP contribution in [-0.2, 0) is 21.3 Å². The SMILES string of the molecule is Cc1ccc(C)c2c1C=C[CH]2[Zr](=[C](c1ccccc1)c1ccccc1)[CH]1c2ccccc2-c2ccccc21.Cl.Cl. The summed E-state index contributed by atoms with van der Waals surface area (Å²) in [5, 5.41) is 0. The normalized spacial score (nSPS) is 14.4. The quantitative estimate of drug-likeness (QED) is 0.184. The summed E-state index contributed by atoms with van der Waals surface area (Å²) in [4.78, 5) is 0. The van der Waals surface area contributed by atoms with Crippen LogP contribution < -0.4 is 0 Å². The van der Waals surface area contributed by atoms with Crippen molar-refractivity contribution in [3.05, 3.63) is 172 Å². The van der Waals surface area contributed by atoms with Gasteiger partial charge in [0.05, 0.1) is 0 Å². The number of benzene rings is 5. The second-order valence-electron chi connectivity index (χ2n) is 10.5. The van der Waals surface area contributed by atoms with Crippen LogP contribution in [0.1, 0.15) is 51.8 Å². The molecule has 0 heterocycles. The first-order chi connectivity index (χ1) is 18.7. The van der Waals surface area contributed by atoms with Crippen molar-refractivity contribution < 1.29 is 21.3 Å². The fourth-order valence-electron chi connectivity index (χ4n) is 6.72. The van der Waals surface area contributed by atoms with Gasteiger partial charge >= 0.3 is 235 Å². The second kappa shape index (κ2) is 12.0. The van der Waals surface area contributed by atoms with Crippen LogP contribution >= 0.6 is 24.8 Å². The van der Waals surface area contributed by atoms with Crippen molar-refractivity contribution in [1.29, 1.82) is 0 Å². The Morgan fingerprint density at radius 3 is 1.57 bits per heavy atom. The summed E-state index contributed by atoms with van der Waals surface area (Å²) in [6, 6.07) is 45.6. The maximum atomic E-state index is 2.58. The first-order valence-corrected chi connectivity index (χ1v) is 17.6. The Balaban J connectivity index is 0.00000161. The maximum Gasteiger partial charge on any atom is -0.147 e. The number of rotatable bonds is 4. The van der Waals surface area contributed by atoms with Crippen molar-refractivity contribution in [1.82, 2.24) is 0 Å². The van der Waals surface area contributed by atoms with Gasteiger partial charge in [-0.15, -0.1) is 24.8 Å². The van der Waals surface area contributed by atoms with Crippen LogP contribution in [0.4, 0.5) is 0 Å². The van der Waals surface area contributed by atoms with Crippen LogP contribution in [0.2, 0.25) is 0 Å². The molecule has 0 aromatic heterocycles. The number of hydrogen-bond acceptors (Lipinski definition) is 0. The molecular weight excluding hydrogens is 607 g/mol. The minimum atomic E-state index is -2.69. The summed E-state index contributed by atoms with van der Waals surface area (Å²) >= 11 is -2.69. The van der Waals surface area contributed by atoms with Gasteiger partial charge in [0, 0.05) is 0 Å². The number of fused-ring (bicyclic) bond motifs is 4. The topological polar surface area (TPSA) is 0 Å². The molecule has 0 spiro atoms. The van der Waals surface area contributed by atoms with Crippen molar-refractivity contribution >= 4 is 34.1 Å². The molecule has 2 aliphatic carbocycles. The van der Waals surface area contributed by atoms with E-state index in [0.717, 1.165) is 0 Å². The minimum Gasteiger partial charge on any atom is -0.147 e. The molecule has 198 valence electrons. The average Bonchev–Trinajstić information content (AvgIpc) is 3.56. The van der Waals surface area contributed by atoms with Gasteiger partial charge in [-0.3, -0.25) is 0 Å². The largest absolute Gasteiger partial charge is 0.147 e. The molecule has 0 fully saturated rings. The van der Waals surface area contributed by atoms with Gasteiger partial charge in [0.25, 0.3) is 0 Å². The molecule has 0 saturated heterocycles. The molecule has 5 aromatic carbocycles. The monoisotopic (exact) mass is 636 g/mol. The van der Waals surface area contributed by atoms with E-state index in [4.69, 9.17) is 0 Å². The van der Waals surface area contributed by atoms with Crippen molar-refractivity contribution in [3.8, 4) is 11.1 Å². The van der Waals surface area contributed by atoms with E-state index < -0.39 is 21.3 Å². The molecule has 0 nitrogen and oxygen atoms in total. The Kier molecular flexibility index (Phi) is 8.58. The fourth-order valence-corrected chi connectivity index (χ4v) is 16.9. The zero-order valence-electron chi connectivity index (χ0n) is 22.7. The summed E-state index contributed by atoms with van der Waals surface area (Å²) in [6.07, 6.45) is 5.01. The van der Waals surface area contributed by atoms with Crippen LogP contribution in [0, 0.1) is 13.8 Å². The van der Waals surface area contributed by atoms with E-state index >= 15 is 0 Å². The van der Waals surface area contributed by atoms with E-state index in [1.54, 1.807) is 8.77 Å². The van der Waals surface area contributed by atoms with Gasteiger partial charge in [0.2, 0.25) is 0 Å². The molecular formula is C37H32Cl2Zr. The Morgan fingerprint density at radius 1 is 0.550 bits per heavy atom. The third-order valence-corrected chi connectivity index (χ3v) is 17.1. The van der Waals surface area contributed by atoms with Crippen LogP contribution in [0.5, 0.6) is 0 Å². The molecule has 3 heteroatoms. The first kappa shape index (κ1) is 28.7. The molecule has 40 heavy (non-hydrogen) atoms. The molecule has 0 bridgehead atoms. The van der Waals surface area contributed by atoms with Crippen molar-refractivity contribution in [3.63, 3.8) is 0 Å². The summed E-state index contributed by atoms with van der Waals surface area (Å²) in [7, 11) is 0. The van der Waals surface area contributed by atoms with Gasteiger partial charge in [-0.05, 0) is 0 Å². The van der Waals surface area contributed by atoms with Gasteiger partial charge in [-0.25, -0.2) is 0 Å². The van der Waals surface area contributed by atoms with Gasteiger partial charge in [0.1, 0.15) is 0 Å². The summed E-state index contributed by atoms with van der Waals surface area (Å²) in [6.45, 7) is 4.59. The Bertz CT molecular complexity index is 1650. The number of halogens is 2. The molecule has 0 N–H and O–H groups in total. The second-order valence-corrected chi connectivity index (χ2v) is 16.9. The summed E-state index contributed by atoms with van der Waals surface area (Å²) in [5.74, 6) is 0. The Labute approximate surface area is 257 Å². The molecule has 0 radical (unpaired) electrons. The van der Waals surface area contributed by atoms with Crippen LogP contribution in [-0.4, -0.2) is 3.21 Å². The van der Waals surface area contributed by atoms with E-state index in [1.165, 1.54) is 50.1 Å². The molecule has 5 aromatic rings. The smallest absolute Gasteiger partial charge is 0.147 e. The standard InChI is InChI=1S/C13H9.C13H10.C11H11.2ClH.Zr/c1-3-7-12-10(5-1)9-11-6-2-4-8-13(11)12;1-3-7-12(8-4-1)11-13-9-5-2-6-10-13;1-8-6-7-9(2)11-5-3-4-10(8)11;;;/h1-9H;1-10H;3-7H,1-2H3;2*1H;. The fraction of sp³-hybridized carbons (Fsp3) is 0.108. The number of hydrogen-bond donors (Lipinski definition) is 0. The molecule has 1 atom stereocenters. The zero-order valence-corrected chi connectivity index (χ0v) is 26.8. The minimum absolute atomic E-state index is 0. The maximum absolute atomic E-state index is 2.69.